The monoisotopic (exact) mass is 466 g/mol. The maximum Gasteiger partial charge on any atom is 0.209 e. The number of para-hydroxylation sites is 2. The smallest absolute Gasteiger partial charge is 0.209 e. The highest BCUT2D eigenvalue weighted by Gasteiger charge is 2.19. The van der Waals surface area contributed by atoms with E-state index in [1.165, 1.54) is 21.9 Å². The minimum Gasteiger partial charge on any atom is -0.439 e. The molecule has 4 heteroatoms. The van der Waals surface area contributed by atoms with Gasteiger partial charge in [-0.3, -0.25) is 0 Å². The molecule has 5 aromatic rings. The average molecular weight is 467 g/mol. The first-order chi connectivity index (χ1) is 16.7. The Kier molecular flexibility index (Phi) is 6.75. The summed E-state index contributed by atoms with van der Waals surface area (Å²) in [6.45, 7) is 2.79. The van der Waals surface area contributed by atoms with Gasteiger partial charge in [-0.15, -0.1) is 0 Å². The number of allylic oxidation sites excluding steroid dienone is 1. The van der Waals surface area contributed by atoms with Crippen LogP contribution in [0.1, 0.15) is 36.3 Å². The number of fused-ring (bicyclic) bond motifs is 2. The lowest BCUT2D eigenvalue weighted by Gasteiger charge is -2.24. The van der Waals surface area contributed by atoms with Crippen LogP contribution < -0.4 is 5.32 Å². The third-order valence-electron chi connectivity index (χ3n) is 6.29. The van der Waals surface area contributed by atoms with Crippen molar-refractivity contribution in [3.8, 4) is 0 Å². The van der Waals surface area contributed by atoms with Crippen molar-refractivity contribution in [1.82, 2.24) is 10.3 Å². The van der Waals surface area contributed by atoms with Crippen molar-refractivity contribution in [2.24, 2.45) is 0 Å². The molecular weight excluding hydrogens is 440 g/mol. The molecule has 1 aromatic heterocycles. The first-order valence-corrected chi connectivity index (χ1v) is 12.0. The Morgan fingerprint density at radius 2 is 1.68 bits per heavy atom. The summed E-state index contributed by atoms with van der Waals surface area (Å²) >= 11 is 6.16. The normalized spacial score (nSPS) is 13.6. The highest BCUT2D eigenvalue weighted by molar-refractivity contribution is 6.30. The van der Waals surface area contributed by atoms with E-state index in [1.807, 2.05) is 36.4 Å². The quantitative estimate of drug-likeness (QED) is 0.251. The van der Waals surface area contributed by atoms with Gasteiger partial charge < -0.3 is 9.73 Å². The highest BCUT2D eigenvalue weighted by Crippen LogP contribution is 2.27. The van der Waals surface area contributed by atoms with Crippen molar-refractivity contribution < 1.29 is 4.42 Å². The molecule has 0 amide bonds. The summed E-state index contributed by atoms with van der Waals surface area (Å²) in [4.78, 5) is 4.59. The van der Waals surface area contributed by atoms with E-state index >= 15 is 0 Å². The van der Waals surface area contributed by atoms with Crippen LogP contribution in [0.2, 0.25) is 5.02 Å². The third-order valence-corrected chi connectivity index (χ3v) is 6.54. The molecule has 1 N–H and O–H groups in total. The number of oxazole rings is 1. The number of rotatable bonds is 8. The zero-order valence-electron chi connectivity index (χ0n) is 19.1. The number of aromatic nitrogens is 1. The molecule has 0 aliphatic heterocycles. The lowest BCUT2D eigenvalue weighted by Crippen LogP contribution is -2.31. The van der Waals surface area contributed by atoms with Crippen molar-refractivity contribution in [2.45, 2.75) is 31.8 Å². The molecule has 0 aliphatic carbocycles. The van der Waals surface area contributed by atoms with E-state index < -0.39 is 0 Å². The van der Waals surface area contributed by atoms with Crippen LogP contribution in [-0.4, -0.2) is 11.0 Å². The lowest BCUT2D eigenvalue weighted by atomic mass is 9.89. The number of benzene rings is 4. The highest BCUT2D eigenvalue weighted by atomic mass is 35.5. The Labute approximate surface area is 205 Å². The molecule has 34 heavy (non-hydrogen) atoms. The maximum atomic E-state index is 6.16. The number of hydrogen-bond donors (Lipinski definition) is 1. The fourth-order valence-corrected chi connectivity index (χ4v) is 4.51. The van der Waals surface area contributed by atoms with Crippen LogP contribution in [0.5, 0.6) is 0 Å². The Hall–Kier alpha value is -3.40. The van der Waals surface area contributed by atoms with Gasteiger partial charge in [-0.2, -0.15) is 0 Å². The molecule has 0 fully saturated rings. The predicted molar refractivity (Wildman–Crippen MR) is 142 cm³/mol. The minimum atomic E-state index is 0.206. The van der Waals surface area contributed by atoms with E-state index in [1.54, 1.807) is 0 Å². The first kappa shape index (κ1) is 22.4. The van der Waals surface area contributed by atoms with Gasteiger partial charge in [0.05, 0.1) is 6.54 Å². The molecule has 2 unspecified atom stereocenters. The first-order valence-electron chi connectivity index (χ1n) is 11.6. The number of hydrogen-bond acceptors (Lipinski definition) is 3. The largest absolute Gasteiger partial charge is 0.439 e. The van der Waals surface area contributed by atoms with Crippen molar-refractivity contribution >= 4 is 39.5 Å². The van der Waals surface area contributed by atoms with E-state index in [0.29, 0.717) is 12.4 Å². The molecule has 1 heterocycles. The van der Waals surface area contributed by atoms with Gasteiger partial charge >= 0.3 is 0 Å². The SMILES string of the molecule is CC(NCc1nc2ccccc2o1)C(C/C=C/c1ccc2ccccc2c1)c1ccc(Cl)cc1. The standard InChI is InChI=1S/C30H27ClN2O/c1-21(32-20-30-33-28-11-4-5-12-29(28)34-30)27(24-15-17-26(31)18-16-24)10-6-7-22-13-14-23-8-2-3-9-25(23)19-22/h2-9,11-19,21,27,32H,10,20H2,1H3/b7-6+. The summed E-state index contributed by atoms with van der Waals surface area (Å²) in [7, 11) is 0. The summed E-state index contributed by atoms with van der Waals surface area (Å²) in [6.07, 6.45) is 5.38. The van der Waals surface area contributed by atoms with E-state index in [-0.39, 0.29) is 12.0 Å². The molecule has 5 rings (SSSR count). The molecular formula is C30H27ClN2O. The lowest BCUT2D eigenvalue weighted by molar-refractivity contribution is 0.419. The number of halogens is 1. The zero-order chi connectivity index (χ0) is 23.3. The van der Waals surface area contributed by atoms with Crippen LogP contribution in [0.25, 0.3) is 27.9 Å². The Bertz CT molecular complexity index is 1390. The van der Waals surface area contributed by atoms with Gasteiger partial charge in [-0.1, -0.05) is 84.4 Å². The summed E-state index contributed by atoms with van der Waals surface area (Å²) in [6, 6.07) is 31.3. The van der Waals surface area contributed by atoms with Crippen LogP contribution in [0.15, 0.2) is 101 Å². The fraction of sp³-hybridized carbons (Fsp3) is 0.167. The van der Waals surface area contributed by atoms with E-state index in [0.717, 1.165) is 22.5 Å². The van der Waals surface area contributed by atoms with E-state index in [4.69, 9.17) is 16.0 Å². The van der Waals surface area contributed by atoms with Crippen molar-refractivity contribution in [1.29, 1.82) is 0 Å². The molecule has 2 atom stereocenters. The second kappa shape index (κ2) is 10.3. The van der Waals surface area contributed by atoms with Gasteiger partial charge in [-0.05, 0) is 65.6 Å². The molecule has 3 nitrogen and oxygen atoms in total. The molecule has 170 valence electrons. The Morgan fingerprint density at radius 1 is 0.912 bits per heavy atom. The summed E-state index contributed by atoms with van der Waals surface area (Å²) in [5, 5.41) is 6.89. The van der Waals surface area contributed by atoms with Crippen LogP contribution in [-0.2, 0) is 6.54 Å². The third kappa shape index (κ3) is 5.22. The zero-order valence-corrected chi connectivity index (χ0v) is 19.9. The predicted octanol–water partition coefficient (Wildman–Crippen LogP) is 8.00. The van der Waals surface area contributed by atoms with Crippen LogP contribution in [0.3, 0.4) is 0 Å². The van der Waals surface area contributed by atoms with Gasteiger partial charge in [0.2, 0.25) is 5.89 Å². The van der Waals surface area contributed by atoms with Crippen LogP contribution >= 0.6 is 11.6 Å². The summed E-state index contributed by atoms with van der Waals surface area (Å²) in [5.41, 5.74) is 4.17. The molecule has 0 saturated carbocycles. The van der Waals surface area contributed by atoms with Gasteiger partial charge in [-0.25, -0.2) is 4.98 Å². The van der Waals surface area contributed by atoms with Gasteiger partial charge in [0.15, 0.2) is 5.58 Å². The van der Waals surface area contributed by atoms with Crippen LogP contribution in [0.4, 0.5) is 0 Å². The van der Waals surface area contributed by atoms with Gasteiger partial charge in [0.25, 0.3) is 0 Å². The maximum absolute atomic E-state index is 6.16. The minimum absolute atomic E-state index is 0.206. The molecule has 0 spiro atoms. The Morgan fingerprint density at radius 3 is 2.50 bits per heavy atom. The van der Waals surface area contributed by atoms with Crippen molar-refractivity contribution in [2.75, 3.05) is 0 Å². The Balaban J connectivity index is 1.31. The van der Waals surface area contributed by atoms with Crippen molar-refractivity contribution in [3.63, 3.8) is 0 Å². The second-order valence-corrected chi connectivity index (χ2v) is 9.08. The topological polar surface area (TPSA) is 38.1 Å². The molecule has 4 aromatic carbocycles. The van der Waals surface area contributed by atoms with E-state index in [2.05, 4.69) is 84.0 Å². The fourth-order valence-electron chi connectivity index (χ4n) is 4.39. The van der Waals surface area contributed by atoms with Gasteiger partial charge in [0.1, 0.15) is 5.52 Å². The molecule has 0 bridgehead atoms. The molecule has 0 saturated heterocycles. The summed E-state index contributed by atoms with van der Waals surface area (Å²) < 4.78 is 5.89. The number of nitrogens with zero attached hydrogens (tertiary/aromatic N) is 1. The van der Waals surface area contributed by atoms with E-state index in [9.17, 15) is 0 Å². The van der Waals surface area contributed by atoms with Gasteiger partial charge in [0, 0.05) is 17.0 Å². The second-order valence-electron chi connectivity index (χ2n) is 8.65. The van der Waals surface area contributed by atoms with Crippen molar-refractivity contribution in [3.05, 3.63) is 119 Å². The number of nitrogens with one attached hydrogen (secondary N) is 1. The molecule has 0 radical (unpaired) electrons. The molecule has 0 aliphatic rings. The van der Waals surface area contributed by atoms with Crippen LogP contribution in [0, 0.1) is 0 Å². The average Bonchev–Trinajstić information content (AvgIpc) is 3.29. The summed E-state index contributed by atoms with van der Waals surface area (Å²) in [5.74, 6) is 0.980.